The molecule has 0 aliphatic heterocycles. The smallest absolute Gasteiger partial charge is 0.215 e. The standard InChI is InChI=1S/C15H15BrFNO2S/c16-14-5-1-13(2-6-14)11-21(19,20)18-10-9-12-3-7-15(17)8-4-12/h1-8,18H,9-11H2. The Bertz CT molecular complexity index is 685. The average Bonchev–Trinajstić information content (AvgIpc) is 2.43. The molecule has 0 bridgehead atoms. The lowest BCUT2D eigenvalue weighted by Gasteiger charge is -2.07. The van der Waals surface area contributed by atoms with E-state index < -0.39 is 10.0 Å². The van der Waals surface area contributed by atoms with Gasteiger partial charge in [-0.1, -0.05) is 40.2 Å². The number of nitrogens with one attached hydrogen (secondary N) is 1. The number of benzene rings is 2. The molecule has 0 amide bonds. The molecule has 1 N–H and O–H groups in total. The molecule has 6 heteroatoms. The number of hydrogen-bond acceptors (Lipinski definition) is 2. The zero-order chi connectivity index (χ0) is 15.3. The first-order valence-electron chi connectivity index (χ1n) is 6.41. The summed E-state index contributed by atoms with van der Waals surface area (Å²) in [7, 11) is -3.37. The predicted molar refractivity (Wildman–Crippen MR) is 84.9 cm³/mol. The maximum Gasteiger partial charge on any atom is 0.215 e. The molecule has 0 radical (unpaired) electrons. The van der Waals surface area contributed by atoms with E-state index in [2.05, 4.69) is 20.7 Å². The van der Waals surface area contributed by atoms with Crippen molar-refractivity contribution in [1.82, 2.24) is 4.72 Å². The summed E-state index contributed by atoms with van der Waals surface area (Å²) in [5, 5.41) is 0. The first-order valence-corrected chi connectivity index (χ1v) is 8.85. The maximum atomic E-state index is 12.8. The lowest BCUT2D eigenvalue weighted by Crippen LogP contribution is -2.27. The van der Waals surface area contributed by atoms with Gasteiger partial charge >= 0.3 is 0 Å². The fraction of sp³-hybridized carbons (Fsp3) is 0.200. The fourth-order valence-electron chi connectivity index (χ4n) is 1.85. The van der Waals surface area contributed by atoms with Gasteiger partial charge in [0.1, 0.15) is 5.82 Å². The molecule has 0 atom stereocenters. The summed E-state index contributed by atoms with van der Waals surface area (Å²) in [6.45, 7) is 0.296. The van der Waals surface area contributed by atoms with Crippen LogP contribution in [0.15, 0.2) is 53.0 Å². The van der Waals surface area contributed by atoms with Gasteiger partial charge in [0.2, 0.25) is 10.0 Å². The first-order chi connectivity index (χ1) is 9.94. The summed E-state index contributed by atoms with van der Waals surface area (Å²) in [6, 6.07) is 13.2. The summed E-state index contributed by atoms with van der Waals surface area (Å²) in [6.07, 6.45) is 0.528. The molecular weight excluding hydrogens is 357 g/mol. The third kappa shape index (κ3) is 5.57. The zero-order valence-corrected chi connectivity index (χ0v) is 13.6. The van der Waals surface area contributed by atoms with Crippen LogP contribution in [0, 0.1) is 5.82 Å². The van der Waals surface area contributed by atoms with E-state index in [9.17, 15) is 12.8 Å². The Kier molecular flexibility index (Phi) is 5.50. The van der Waals surface area contributed by atoms with Crippen molar-refractivity contribution in [3.8, 4) is 0 Å². The molecule has 0 unspecified atom stereocenters. The largest absolute Gasteiger partial charge is 0.215 e. The van der Waals surface area contributed by atoms with E-state index in [0.717, 1.165) is 15.6 Å². The van der Waals surface area contributed by atoms with Gasteiger partial charge in [-0.15, -0.1) is 0 Å². The molecule has 0 spiro atoms. The van der Waals surface area contributed by atoms with Gasteiger partial charge in [0.25, 0.3) is 0 Å². The molecular formula is C15H15BrFNO2S. The highest BCUT2D eigenvalue weighted by Crippen LogP contribution is 2.12. The minimum Gasteiger partial charge on any atom is -0.215 e. The van der Waals surface area contributed by atoms with Crippen LogP contribution in [0.1, 0.15) is 11.1 Å². The van der Waals surface area contributed by atoms with Crippen molar-refractivity contribution in [2.24, 2.45) is 0 Å². The Morgan fingerprint density at radius 1 is 0.952 bits per heavy atom. The normalized spacial score (nSPS) is 11.5. The summed E-state index contributed by atoms with van der Waals surface area (Å²) < 4.78 is 40.1. The molecule has 0 aliphatic carbocycles. The maximum absolute atomic E-state index is 12.8. The fourth-order valence-corrected chi connectivity index (χ4v) is 3.26. The zero-order valence-electron chi connectivity index (χ0n) is 11.2. The van der Waals surface area contributed by atoms with Crippen LogP contribution in [0.25, 0.3) is 0 Å². The number of hydrogen-bond donors (Lipinski definition) is 1. The van der Waals surface area contributed by atoms with Crippen LogP contribution in [-0.2, 0) is 22.2 Å². The number of sulfonamides is 1. The Morgan fingerprint density at radius 2 is 1.52 bits per heavy atom. The van der Waals surface area contributed by atoms with Crippen LogP contribution in [0.4, 0.5) is 4.39 Å². The van der Waals surface area contributed by atoms with Crippen molar-refractivity contribution in [3.63, 3.8) is 0 Å². The third-order valence-corrected chi connectivity index (χ3v) is 4.80. The Labute approximate surface area is 132 Å². The van der Waals surface area contributed by atoms with E-state index in [0.29, 0.717) is 13.0 Å². The Morgan fingerprint density at radius 3 is 2.14 bits per heavy atom. The van der Waals surface area contributed by atoms with Gasteiger partial charge in [-0.05, 0) is 41.8 Å². The molecule has 0 heterocycles. The van der Waals surface area contributed by atoms with Gasteiger partial charge < -0.3 is 0 Å². The van der Waals surface area contributed by atoms with Crippen molar-refractivity contribution in [2.45, 2.75) is 12.2 Å². The monoisotopic (exact) mass is 371 g/mol. The molecule has 0 aliphatic rings. The van der Waals surface area contributed by atoms with E-state index in [1.54, 1.807) is 24.3 Å². The molecule has 2 aromatic carbocycles. The van der Waals surface area contributed by atoms with Gasteiger partial charge in [-0.3, -0.25) is 0 Å². The van der Waals surface area contributed by atoms with Crippen molar-refractivity contribution in [1.29, 1.82) is 0 Å². The first kappa shape index (κ1) is 16.1. The highest BCUT2D eigenvalue weighted by molar-refractivity contribution is 9.10. The van der Waals surface area contributed by atoms with Gasteiger partial charge in [-0.25, -0.2) is 17.5 Å². The highest BCUT2D eigenvalue weighted by Gasteiger charge is 2.10. The van der Waals surface area contributed by atoms with Crippen molar-refractivity contribution in [3.05, 3.63) is 69.9 Å². The van der Waals surface area contributed by atoms with Crippen molar-refractivity contribution >= 4 is 26.0 Å². The average molecular weight is 372 g/mol. The van der Waals surface area contributed by atoms with Crippen LogP contribution >= 0.6 is 15.9 Å². The van der Waals surface area contributed by atoms with Crippen LogP contribution in [0.2, 0.25) is 0 Å². The van der Waals surface area contributed by atoms with Crippen molar-refractivity contribution < 1.29 is 12.8 Å². The quantitative estimate of drug-likeness (QED) is 0.846. The number of halogens is 2. The second-order valence-corrected chi connectivity index (χ2v) is 7.38. The lowest BCUT2D eigenvalue weighted by atomic mass is 10.1. The molecule has 0 saturated heterocycles. The molecule has 0 aromatic heterocycles. The van der Waals surface area contributed by atoms with Crippen LogP contribution in [0.3, 0.4) is 0 Å². The van der Waals surface area contributed by atoms with Crippen LogP contribution in [-0.4, -0.2) is 15.0 Å². The van der Waals surface area contributed by atoms with E-state index in [4.69, 9.17) is 0 Å². The predicted octanol–water partition coefficient (Wildman–Crippen LogP) is 3.25. The van der Waals surface area contributed by atoms with Gasteiger partial charge in [0.15, 0.2) is 0 Å². The Hall–Kier alpha value is -1.24. The van der Waals surface area contributed by atoms with E-state index >= 15 is 0 Å². The van der Waals surface area contributed by atoms with Gasteiger partial charge in [0, 0.05) is 11.0 Å². The second-order valence-electron chi connectivity index (χ2n) is 4.66. The minimum absolute atomic E-state index is 0.0519. The molecule has 0 fully saturated rings. The van der Waals surface area contributed by atoms with E-state index in [-0.39, 0.29) is 11.6 Å². The molecule has 3 nitrogen and oxygen atoms in total. The minimum atomic E-state index is -3.37. The van der Waals surface area contributed by atoms with Gasteiger partial charge in [-0.2, -0.15) is 0 Å². The molecule has 2 rings (SSSR count). The topological polar surface area (TPSA) is 46.2 Å². The summed E-state index contributed by atoms with van der Waals surface area (Å²) in [5.74, 6) is -0.349. The Balaban J connectivity index is 1.86. The second kappa shape index (κ2) is 7.15. The number of rotatable bonds is 6. The summed E-state index contributed by atoms with van der Waals surface area (Å²) in [4.78, 5) is 0. The molecule has 0 saturated carbocycles. The molecule has 112 valence electrons. The van der Waals surface area contributed by atoms with Crippen LogP contribution < -0.4 is 4.72 Å². The van der Waals surface area contributed by atoms with E-state index in [1.165, 1.54) is 12.1 Å². The molecule has 21 heavy (non-hydrogen) atoms. The third-order valence-electron chi connectivity index (χ3n) is 2.92. The van der Waals surface area contributed by atoms with Crippen LogP contribution in [0.5, 0.6) is 0 Å². The SMILES string of the molecule is O=S(=O)(Cc1ccc(Br)cc1)NCCc1ccc(F)cc1. The summed E-state index contributed by atoms with van der Waals surface area (Å²) >= 11 is 3.31. The summed E-state index contributed by atoms with van der Waals surface area (Å²) in [5.41, 5.74) is 1.62. The highest BCUT2D eigenvalue weighted by atomic mass is 79.9. The van der Waals surface area contributed by atoms with Crippen molar-refractivity contribution in [2.75, 3.05) is 6.54 Å². The molecule has 2 aromatic rings. The van der Waals surface area contributed by atoms with Gasteiger partial charge in [0.05, 0.1) is 5.75 Å². The lowest BCUT2D eigenvalue weighted by molar-refractivity contribution is 0.580. The van der Waals surface area contributed by atoms with E-state index in [1.807, 2.05) is 12.1 Å².